The molecule has 2 atom stereocenters. The van der Waals surface area contributed by atoms with E-state index < -0.39 is 5.60 Å². The van der Waals surface area contributed by atoms with Crippen molar-refractivity contribution in [3.63, 3.8) is 0 Å². The molecule has 0 unspecified atom stereocenters. The summed E-state index contributed by atoms with van der Waals surface area (Å²) in [7, 11) is 0. The Hall–Kier alpha value is -1.94. The van der Waals surface area contributed by atoms with Gasteiger partial charge in [-0.25, -0.2) is 4.79 Å². The van der Waals surface area contributed by atoms with Crippen molar-refractivity contribution in [1.29, 1.82) is 0 Å². The molecule has 2 aromatic rings. The molecule has 1 aliphatic heterocycles. The molecule has 3 rings (SSSR count). The zero-order valence-electron chi connectivity index (χ0n) is 14.4. The van der Waals surface area contributed by atoms with Gasteiger partial charge in [0.2, 0.25) is 0 Å². The highest BCUT2D eigenvalue weighted by Gasteiger charge is 2.39. The average molecular weight is 341 g/mol. The molecule has 0 saturated carbocycles. The van der Waals surface area contributed by atoms with E-state index in [0.717, 1.165) is 17.5 Å². The fourth-order valence-corrected chi connectivity index (χ4v) is 3.55. The highest BCUT2D eigenvalue weighted by Crippen LogP contribution is 2.37. The van der Waals surface area contributed by atoms with Gasteiger partial charge < -0.3 is 9.64 Å². The highest BCUT2D eigenvalue weighted by atomic mass is 32.2. The Morgan fingerprint density at radius 1 is 1.12 bits per heavy atom. The van der Waals surface area contributed by atoms with Crippen molar-refractivity contribution in [1.82, 2.24) is 4.90 Å². The fourth-order valence-electron chi connectivity index (χ4n) is 3.14. The monoisotopic (exact) mass is 341 g/mol. The third kappa shape index (κ3) is 3.29. The Bertz CT molecular complexity index is 701. The van der Waals surface area contributed by atoms with E-state index in [0.29, 0.717) is 6.54 Å². The van der Waals surface area contributed by atoms with Crippen molar-refractivity contribution in [2.45, 2.75) is 36.8 Å². The van der Waals surface area contributed by atoms with Crippen LogP contribution in [0.3, 0.4) is 0 Å². The van der Waals surface area contributed by atoms with Crippen LogP contribution in [0.4, 0.5) is 4.79 Å². The van der Waals surface area contributed by atoms with Crippen LogP contribution in [0.1, 0.15) is 37.4 Å². The molecule has 0 aromatic heterocycles. The number of rotatable bonds is 4. The second-order valence-electron chi connectivity index (χ2n) is 6.36. The summed E-state index contributed by atoms with van der Waals surface area (Å²) in [4.78, 5) is 15.6. The van der Waals surface area contributed by atoms with Gasteiger partial charge in [-0.15, -0.1) is 11.8 Å². The molecular formula is C20H23NO2S. The molecule has 1 heterocycles. The number of benzene rings is 2. The fraction of sp³-hybridized carbons (Fsp3) is 0.350. The van der Waals surface area contributed by atoms with Crippen LogP contribution in [-0.2, 0) is 10.3 Å². The Morgan fingerprint density at radius 3 is 2.38 bits per heavy atom. The van der Waals surface area contributed by atoms with Crippen LogP contribution in [0, 0.1) is 0 Å². The predicted molar refractivity (Wildman–Crippen MR) is 98.2 cm³/mol. The number of hydrogen-bond acceptors (Lipinski definition) is 3. The number of carbonyl (C=O) groups excluding carboxylic acids is 1. The van der Waals surface area contributed by atoms with Gasteiger partial charge in [-0.2, -0.15) is 0 Å². The third-order valence-electron chi connectivity index (χ3n) is 4.83. The molecular weight excluding hydrogens is 318 g/mol. The number of ether oxygens (including phenoxy) is 1. The molecule has 0 aliphatic carbocycles. The quantitative estimate of drug-likeness (QED) is 0.713. The molecule has 2 aromatic carbocycles. The van der Waals surface area contributed by atoms with Gasteiger partial charge in [-0.05, 0) is 43.4 Å². The zero-order chi connectivity index (χ0) is 17.2. The normalized spacial score (nSPS) is 22.1. The maximum Gasteiger partial charge on any atom is 0.411 e. The lowest BCUT2D eigenvalue weighted by Gasteiger charge is -2.41. The van der Waals surface area contributed by atoms with Crippen molar-refractivity contribution >= 4 is 17.9 Å². The zero-order valence-corrected chi connectivity index (χ0v) is 15.2. The Labute approximate surface area is 148 Å². The molecule has 24 heavy (non-hydrogen) atoms. The van der Waals surface area contributed by atoms with Crippen molar-refractivity contribution < 1.29 is 9.53 Å². The summed E-state index contributed by atoms with van der Waals surface area (Å²) >= 11 is 1.71. The number of cyclic esters (lactones) is 1. The summed E-state index contributed by atoms with van der Waals surface area (Å²) in [5, 5.41) is 0. The van der Waals surface area contributed by atoms with Gasteiger partial charge >= 0.3 is 6.09 Å². The number of nitrogens with zero attached hydrogens (tertiary/aromatic N) is 1. The maximum atomic E-state index is 12.6. The average Bonchev–Trinajstić information content (AvgIpc) is 2.62. The lowest BCUT2D eigenvalue weighted by atomic mass is 9.90. The summed E-state index contributed by atoms with van der Waals surface area (Å²) in [5.74, 6) is 0. The van der Waals surface area contributed by atoms with E-state index >= 15 is 0 Å². The van der Waals surface area contributed by atoms with Crippen molar-refractivity contribution in [3.8, 4) is 0 Å². The van der Waals surface area contributed by atoms with Crippen molar-refractivity contribution in [2.75, 3.05) is 12.8 Å². The molecule has 126 valence electrons. The summed E-state index contributed by atoms with van der Waals surface area (Å²) in [5.41, 5.74) is 1.63. The summed E-state index contributed by atoms with van der Waals surface area (Å²) in [6.07, 6.45) is 2.60. The molecule has 1 amide bonds. The van der Waals surface area contributed by atoms with Gasteiger partial charge in [0.1, 0.15) is 5.60 Å². The van der Waals surface area contributed by atoms with Gasteiger partial charge in [0, 0.05) is 17.9 Å². The maximum absolute atomic E-state index is 12.6. The Morgan fingerprint density at radius 2 is 1.79 bits per heavy atom. The van der Waals surface area contributed by atoms with E-state index in [4.69, 9.17) is 4.74 Å². The van der Waals surface area contributed by atoms with Crippen molar-refractivity contribution in [2.24, 2.45) is 0 Å². The minimum Gasteiger partial charge on any atom is -0.438 e. The van der Waals surface area contributed by atoms with Gasteiger partial charge in [0.15, 0.2) is 0 Å². The first kappa shape index (κ1) is 16.9. The van der Waals surface area contributed by atoms with E-state index in [-0.39, 0.29) is 12.1 Å². The van der Waals surface area contributed by atoms with E-state index in [9.17, 15) is 4.79 Å². The Balaban J connectivity index is 1.75. The number of hydrogen-bond donors (Lipinski definition) is 0. The van der Waals surface area contributed by atoms with Crippen LogP contribution >= 0.6 is 11.8 Å². The molecule has 0 radical (unpaired) electrons. The van der Waals surface area contributed by atoms with Crippen LogP contribution in [0.5, 0.6) is 0 Å². The van der Waals surface area contributed by atoms with Crippen LogP contribution in [0.2, 0.25) is 0 Å². The molecule has 4 heteroatoms. The minimum atomic E-state index is -0.555. The van der Waals surface area contributed by atoms with Gasteiger partial charge in [0.25, 0.3) is 0 Å². The molecule has 1 fully saturated rings. The second kappa shape index (κ2) is 6.89. The van der Waals surface area contributed by atoms with Gasteiger partial charge in [-0.1, -0.05) is 42.5 Å². The van der Waals surface area contributed by atoms with Crippen LogP contribution in [0.15, 0.2) is 59.5 Å². The van der Waals surface area contributed by atoms with Crippen LogP contribution in [0.25, 0.3) is 0 Å². The first-order valence-electron chi connectivity index (χ1n) is 8.22. The predicted octanol–water partition coefficient (Wildman–Crippen LogP) is 5.23. The topological polar surface area (TPSA) is 29.5 Å². The van der Waals surface area contributed by atoms with E-state index in [1.165, 1.54) is 4.90 Å². The van der Waals surface area contributed by atoms with E-state index in [2.05, 4.69) is 30.5 Å². The second-order valence-corrected chi connectivity index (χ2v) is 7.24. The summed E-state index contributed by atoms with van der Waals surface area (Å²) in [6, 6.07) is 18.4. The first-order valence-corrected chi connectivity index (χ1v) is 9.45. The minimum absolute atomic E-state index is 0.0158. The van der Waals surface area contributed by atoms with Crippen LogP contribution in [-0.4, -0.2) is 23.8 Å². The smallest absolute Gasteiger partial charge is 0.411 e. The number of carbonyl (C=O) groups is 1. The molecule has 1 aliphatic rings. The van der Waals surface area contributed by atoms with E-state index in [1.54, 1.807) is 11.8 Å². The van der Waals surface area contributed by atoms with Gasteiger partial charge in [-0.3, -0.25) is 0 Å². The Kier molecular flexibility index (Phi) is 4.86. The van der Waals surface area contributed by atoms with Crippen molar-refractivity contribution in [3.05, 3.63) is 65.7 Å². The molecule has 0 bridgehead atoms. The SMILES string of the molecule is CSc1ccc([C@@]2(C)CCN([C@@H](C)c3ccccc3)C(=O)O2)cc1. The molecule has 3 nitrogen and oxygen atoms in total. The standard InChI is InChI=1S/C20H23NO2S/c1-15(16-7-5-4-6-8-16)21-14-13-20(2,23-19(21)22)17-9-11-18(24-3)12-10-17/h4-12,15H,13-14H2,1-3H3/t15-,20+/m0/s1. The molecule has 0 N–H and O–H groups in total. The highest BCUT2D eigenvalue weighted by molar-refractivity contribution is 7.98. The number of thioether (sulfide) groups is 1. The lowest BCUT2D eigenvalue weighted by molar-refractivity contribution is -0.0491. The lowest BCUT2D eigenvalue weighted by Crippen LogP contribution is -2.47. The summed E-state index contributed by atoms with van der Waals surface area (Å²) in [6.45, 7) is 4.74. The largest absolute Gasteiger partial charge is 0.438 e. The third-order valence-corrected chi connectivity index (χ3v) is 5.57. The first-order chi connectivity index (χ1) is 11.5. The molecule has 0 spiro atoms. The van der Waals surface area contributed by atoms with E-state index in [1.807, 2.05) is 49.1 Å². The summed E-state index contributed by atoms with van der Waals surface area (Å²) < 4.78 is 5.87. The number of amides is 1. The molecule has 1 saturated heterocycles. The van der Waals surface area contributed by atoms with Crippen LogP contribution < -0.4 is 0 Å². The van der Waals surface area contributed by atoms with Gasteiger partial charge in [0.05, 0.1) is 6.04 Å².